The molecule has 166 valence electrons. The molecule has 0 bridgehead atoms. The highest BCUT2D eigenvalue weighted by Gasteiger charge is 2.17. The van der Waals surface area contributed by atoms with Crippen LogP contribution >= 0.6 is 15.9 Å². The third kappa shape index (κ3) is 13.9. The zero-order valence-corrected chi connectivity index (χ0v) is 20.2. The first-order valence-electron chi connectivity index (χ1n) is 12.0. The summed E-state index contributed by atoms with van der Waals surface area (Å²) in [6.45, 7) is 2.27. The van der Waals surface area contributed by atoms with E-state index >= 15 is 0 Å². The Morgan fingerprint density at radius 3 is 1.59 bits per heavy atom. The zero-order chi connectivity index (χ0) is 21.2. The van der Waals surface area contributed by atoms with Gasteiger partial charge >= 0.3 is 5.97 Å². The van der Waals surface area contributed by atoms with Crippen molar-refractivity contribution < 1.29 is 9.90 Å². The van der Waals surface area contributed by atoms with Crippen molar-refractivity contribution in [1.82, 2.24) is 0 Å². The van der Waals surface area contributed by atoms with Crippen LogP contribution in [0.2, 0.25) is 0 Å². The molecule has 3 heteroatoms. The predicted octanol–water partition coefficient (Wildman–Crippen LogP) is 8.70. The fraction of sp³-hybridized carbons (Fsp3) is 0.731. The van der Waals surface area contributed by atoms with Crippen molar-refractivity contribution in [3.8, 4) is 0 Å². The number of rotatable bonds is 19. The van der Waals surface area contributed by atoms with Gasteiger partial charge in [-0.05, 0) is 24.0 Å². The zero-order valence-electron chi connectivity index (χ0n) is 18.6. The molecule has 0 aliphatic heterocycles. The number of halogens is 1. The molecule has 29 heavy (non-hydrogen) atoms. The SMILES string of the molecule is CCCCCCCCCCCCCCCCC(Cc1ccc(CBr)cc1)C(=O)O. The van der Waals surface area contributed by atoms with Gasteiger partial charge in [-0.2, -0.15) is 0 Å². The van der Waals surface area contributed by atoms with Crippen molar-refractivity contribution in [1.29, 1.82) is 0 Å². The van der Waals surface area contributed by atoms with E-state index in [1.54, 1.807) is 0 Å². The molecule has 1 atom stereocenters. The molecule has 2 nitrogen and oxygen atoms in total. The normalized spacial score (nSPS) is 12.2. The lowest BCUT2D eigenvalue weighted by atomic mass is 9.93. The van der Waals surface area contributed by atoms with E-state index in [1.165, 1.54) is 89.0 Å². The number of hydrogen-bond acceptors (Lipinski definition) is 1. The van der Waals surface area contributed by atoms with Crippen LogP contribution in [0.1, 0.15) is 114 Å². The maximum Gasteiger partial charge on any atom is 0.306 e. The summed E-state index contributed by atoms with van der Waals surface area (Å²) in [5, 5.41) is 10.4. The van der Waals surface area contributed by atoms with Gasteiger partial charge in [-0.1, -0.05) is 137 Å². The van der Waals surface area contributed by atoms with Crippen LogP contribution in [0.3, 0.4) is 0 Å². The van der Waals surface area contributed by atoms with E-state index < -0.39 is 5.97 Å². The highest BCUT2D eigenvalue weighted by atomic mass is 79.9. The van der Waals surface area contributed by atoms with Crippen LogP contribution in [0, 0.1) is 5.92 Å². The summed E-state index contributed by atoms with van der Waals surface area (Å²) in [7, 11) is 0. The average Bonchev–Trinajstić information content (AvgIpc) is 2.73. The van der Waals surface area contributed by atoms with Crippen LogP contribution in [0.25, 0.3) is 0 Å². The molecule has 0 saturated heterocycles. The van der Waals surface area contributed by atoms with Gasteiger partial charge in [0.15, 0.2) is 0 Å². The summed E-state index contributed by atoms with van der Waals surface area (Å²) in [6, 6.07) is 8.29. The third-order valence-corrected chi connectivity index (χ3v) is 6.56. The minimum atomic E-state index is -0.649. The summed E-state index contributed by atoms with van der Waals surface area (Å²) in [6.07, 6.45) is 20.1. The van der Waals surface area contributed by atoms with E-state index in [0.717, 1.165) is 23.7 Å². The summed E-state index contributed by atoms with van der Waals surface area (Å²) in [5.41, 5.74) is 2.36. The van der Waals surface area contributed by atoms with Gasteiger partial charge in [0.1, 0.15) is 0 Å². The number of carbonyl (C=O) groups is 1. The third-order valence-electron chi connectivity index (χ3n) is 5.91. The standard InChI is InChI=1S/C26H43BrO2/c1-2-3-4-5-6-7-8-9-10-11-12-13-14-15-16-25(26(28)29)21-23-17-19-24(22-27)20-18-23/h17-20,25H,2-16,21-22H2,1H3,(H,28,29). The molecular weight excluding hydrogens is 424 g/mol. The Kier molecular flexibility index (Phi) is 16.2. The molecule has 1 aromatic carbocycles. The van der Waals surface area contributed by atoms with Crippen molar-refractivity contribution in [3.05, 3.63) is 35.4 Å². The van der Waals surface area contributed by atoms with E-state index in [4.69, 9.17) is 0 Å². The average molecular weight is 468 g/mol. The molecule has 1 rings (SSSR count). The molecule has 1 unspecified atom stereocenters. The van der Waals surface area contributed by atoms with E-state index in [0.29, 0.717) is 6.42 Å². The fourth-order valence-corrected chi connectivity index (χ4v) is 4.32. The second-order valence-electron chi connectivity index (χ2n) is 8.57. The highest BCUT2D eigenvalue weighted by Crippen LogP contribution is 2.19. The number of benzene rings is 1. The van der Waals surface area contributed by atoms with Crippen molar-refractivity contribution in [2.24, 2.45) is 5.92 Å². The van der Waals surface area contributed by atoms with Crippen LogP contribution in [-0.2, 0) is 16.5 Å². The van der Waals surface area contributed by atoms with Gasteiger partial charge < -0.3 is 5.11 Å². The van der Waals surface area contributed by atoms with Crippen molar-refractivity contribution in [2.75, 3.05) is 0 Å². The Morgan fingerprint density at radius 1 is 0.759 bits per heavy atom. The van der Waals surface area contributed by atoms with Crippen molar-refractivity contribution in [2.45, 2.75) is 115 Å². The molecule has 0 spiro atoms. The van der Waals surface area contributed by atoms with Gasteiger partial charge in [0, 0.05) is 5.33 Å². The van der Waals surface area contributed by atoms with Crippen LogP contribution < -0.4 is 0 Å². The lowest BCUT2D eigenvalue weighted by Crippen LogP contribution is -2.16. The van der Waals surface area contributed by atoms with E-state index in [9.17, 15) is 9.90 Å². The highest BCUT2D eigenvalue weighted by molar-refractivity contribution is 9.08. The molecule has 1 N–H and O–H groups in total. The topological polar surface area (TPSA) is 37.3 Å². The van der Waals surface area contributed by atoms with Crippen LogP contribution in [0.15, 0.2) is 24.3 Å². The Morgan fingerprint density at radius 2 is 1.17 bits per heavy atom. The van der Waals surface area contributed by atoms with Crippen LogP contribution in [0.5, 0.6) is 0 Å². The smallest absolute Gasteiger partial charge is 0.306 e. The van der Waals surface area contributed by atoms with Gasteiger partial charge in [0.2, 0.25) is 0 Å². The first kappa shape index (κ1) is 26.2. The number of carboxylic acid groups (broad SMARTS) is 1. The molecule has 0 radical (unpaired) electrons. The quantitative estimate of drug-likeness (QED) is 0.163. The second kappa shape index (κ2) is 18.0. The van der Waals surface area contributed by atoms with Crippen molar-refractivity contribution in [3.63, 3.8) is 0 Å². The Bertz CT molecular complexity index is 512. The molecule has 1 aromatic rings. The number of aliphatic carboxylic acids is 1. The minimum Gasteiger partial charge on any atom is -0.481 e. The molecular formula is C26H43BrO2. The largest absolute Gasteiger partial charge is 0.481 e. The summed E-state index contributed by atoms with van der Waals surface area (Å²) >= 11 is 3.45. The van der Waals surface area contributed by atoms with Gasteiger partial charge in [-0.25, -0.2) is 0 Å². The molecule has 0 aromatic heterocycles. The predicted molar refractivity (Wildman–Crippen MR) is 129 cm³/mol. The molecule has 0 saturated carbocycles. The minimum absolute atomic E-state index is 0.248. The van der Waals surface area contributed by atoms with Crippen LogP contribution in [-0.4, -0.2) is 11.1 Å². The molecule has 0 fully saturated rings. The number of hydrogen-bond donors (Lipinski definition) is 1. The number of unbranched alkanes of at least 4 members (excludes halogenated alkanes) is 13. The molecule has 0 heterocycles. The number of alkyl halides is 1. The summed E-state index contributed by atoms with van der Waals surface area (Å²) in [5.74, 6) is -0.897. The molecule has 0 aliphatic rings. The number of carboxylic acids is 1. The fourth-order valence-electron chi connectivity index (χ4n) is 3.95. The second-order valence-corrected chi connectivity index (χ2v) is 9.14. The lowest BCUT2D eigenvalue weighted by Gasteiger charge is -2.12. The van der Waals surface area contributed by atoms with Gasteiger partial charge in [0.25, 0.3) is 0 Å². The van der Waals surface area contributed by atoms with Gasteiger partial charge in [-0.3, -0.25) is 4.79 Å². The first-order valence-corrected chi connectivity index (χ1v) is 13.2. The van der Waals surface area contributed by atoms with E-state index in [2.05, 4.69) is 47.1 Å². The monoisotopic (exact) mass is 466 g/mol. The summed E-state index contributed by atoms with van der Waals surface area (Å²) < 4.78 is 0. The molecule has 0 amide bonds. The maximum atomic E-state index is 11.6. The first-order chi connectivity index (χ1) is 14.2. The lowest BCUT2D eigenvalue weighted by molar-refractivity contribution is -0.142. The van der Waals surface area contributed by atoms with E-state index in [1.807, 2.05) is 0 Å². The maximum absolute atomic E-state index is 11.6. The Hall–Kier alpha value is -0.830. The Labute approximate surface area is 188 Å². The van der Waals surface area contributed by atoms with Gasteiger partial charge in [-0.15, -0.1) is 0 Å². The van der Waals surface area contributed by atoms with Crippen LogP contribution in [0.4, 0.5) is 0 Å². The molecule has 0 aliphatic carbocycles. The van der Waals surface area contributed by atoms with E-state index in [-0.39, 0.29) is 5.92 Å². The Balaban J connectivity index is 2.00. The van der Waals surface area contributed by atoms with Crippen molar-refractivity contribution >= 4 is 21.9 Å². The summed E-state index contributed by atoms with van der Waals surface area (Å²) in [4.78, 5) is 11.6. The van der Waals surface area contributed by atoms with Gasteiger partial charge in [0.05, 0.1) is 5.92 Å².